The van der Waals surface area contributed by atoms with Crippen molar-refractivity contribution in [1.29, 1.82) is 0 Å². The highest BCUT2D eigenvalue weighted by Gasteiger charge is 2.22. The topological polar surface area (TPSA) is 35.0 Å². The van der Waals surface area contributed by atoms with Gasteiger partial charge in [0.05, 0.1) is 6.61 Å². The molecule has 0 spiro atoms. The molecule has 1 aromatic carbocycles. The summed E-state index contributed by atoms with van der Waals surface area (Å²) in [5.41, 5.74) is 2.38. The van der Waals surface area contributed by atoms with Crippen LogP contribution in [0.25, 0.3) is 11.4 Å². The summed E-state index contributed by atoms with van der Waals surface area (Å²) >= 11 is 0. The zero-order chi connectivity index (χ0) is 23.1. The molecule has 1 saturated carbocycles. The number of hydrogen-bond donors (Lipinski definition) is 0. The number of aromatic nitrogens is 2. The van der Waals surface area contributed by atoms with Crippen molar-refractivity contribution >= 4 is 0 Å². The Morgan fingerprint density at radius 1 is 0.727 bits per heavy atom. The zero-order valence-corrected chi connectivity index (χ0v) is 21.2. The molecule has 0 saturated heterocycles. The summed E-state index contributed by atoms with van der Waals surface area (Å²) in [5, 5.41) is 0. The summed E-state index contributed by atoms with van der Waals surface area (Å²) in [5.74, 6) is 3.34. The van der Waals surface area contributed by atoms with E-state index in [0.29, 0.717) is 5.92 Å². The van der Waals surface area contributed by atoms with E-state index in [4.69, 9.17) is 14.7 Å². The number of nitrogens with zero attached hydrogens (tertiary/aromatic N) is 2. The van der Waals surface area contributed by atoms with Gasteiger partial charge in [-0.3, -0.25) is 0 Å². The Kier molecular flexibility index (Phi) is 11.8. The average Bonchev–Trinajstić information content (AvgIpc) is 2.87. The molecular weight excluding hydrogens is 404 g/mol. The predicted octanol–water partition coefficient (Wildman–Crippen LogP) is 9.13. The van der Waals surface area contributed by atoms with Gasteiger partial charge in [-0.2, -0.15) is 0 Å². The molecule has 1 aliphatic carbocycles. The molecule has 1 heterocycles. The predicted molar refractivity (Wildman–Crippen MR) is 140 cm³/mol. The van der Waals surface area contributed by atoms with Crippen LogP contribution in [0.5, 0.6) is 5.75 Å². The van der Waals surface area contributed by atoms with Gasteiger partial charge in [0.15, 0.2) is 5.82 Å². The highest BCUT2D eigenvalue weighted by Crippen LogP contribution is 2.37. The van der Waals surface area contributed by atoms with Crippen LogP contribution >= 0.6 is 0 Å². The highest BCUT2D eigenvalue weighted by atomic mass is 16.5. The second-order valence-electron chi connectivity index (χ2n) is 10.0. The van der Waals surface area contributed by atoms with Gasteiger partial charge >= 0.3 is 0 Å². The van der Waals surface area contributed by atoms with E-state index in [1.54, 1.807) is 0 Å². The van der Waals surface area contributed by atoms with Crippen molar-refractivity contribution in [3.05, 3.63) is 42.2 Å². The molecule has 3 nitrogen and oxygen atoms in total. The van der Waals surface area contributed by atoms with E-state index >= 15 is 0 Å². The summed E-state index contributed by atoms with van der Waals surface area (Å²) in [4.78, 5) is 9.40. The van der Waals surface area contributed by atoms with E-state index < -0.39 is 0 Å². The molecule has 0 bridgehead atoms. The maximum atomic E-state index is 5.92. The molecule has 3 rings (SSSR count). The number of benzene rings is 1. The lowest BCUT2D eigenvalue weighted by Gasteiger charge is -2.28. The highest BCUT2D eigenvalue weighted by molar-refractivity contribution is 5.56. The molecule has 0 unspecified atom stereocenters. The Hall–Kier alpha value is -1.90. The molecular formula is C30H46N2O. The smallest absolute Gasteiger partial charge is 0.159 e. The summed E-state index contributed by atoms with van der Waals surface area (Å²) in [6.45, 7) is 5.36. The summed E-state index contributed by atoms with van der Waals surface area (Å²) in [6, 6.07) is 8.26. The van der Waals surface area contributed by atoms with E-state index in [0.717, 1.165) is 36.1 Å². The molecule has 0 aliphatic heterocycles. The van der Waals surface area contributed by atoms with Crippen molar-refractivity contribution in [2.45, 2.75) is 116 Å². The van der Waals surface area contributed by atoms with Gasteiger partial charge in [0.2, 0.25) is 0 Å². The SMILES string of the molecule is CCCCCCCCCOc1ccc(-c2ncc([C@H]3CC[C@H](CCCCC)CC3)cn2)cc1. The fourth-order valence-corrected chi connectivity index (χ4v) is 5.11. The lowest BCUT2D eigenvalue weighted by Crippen LogP contribution is -2.14. The van der Waals surface area contributed by atoms with Crippen LogP contribution < -0.4 is 4.74 Å². The number of unbranched alkanes of at least 4 members (excludes halogenated alkanes) is 8. The van der Waals surface area contributed by atoms with E-state index in [2.05, 4.69) is 38.4 Å². The van der Waals surface area contributed by atoms with Crippen LogP contribution in [0.1, 0.15) is 122 Å². The van der Waals surface area contributed by atoms with Crippen LogP contribution in [0.15, 0.2) is 36.7 Å². The number of hydrogen-bond acceptors (Lipinski definition) is 3. The van der Waals surface area contributed by atoms with E-state index in [1.165, 1.54) is 95.5 Å². The second-order valence-corrected chi connectivity index (χ2v) is 10.0. The average molecular weight is 451 g/mol. The Balaban J connectivity index is 1.38. The summed E-state index contributed by atoms with van der Waals surface area (Å²) in [6.07, 6.45) is 24.2. The Morgan fingerprint density at radius 3 is 2.00 bits per heavy atom. The third-order valence-corrected chi connectivity index (χ3v) is 7.34. The Bertz CT molecular complexity index is 748. The molecule has 0 radical (unpaired) electrons. The largest absolute Gasteiger partial charge is 0.494 e. The normalized spacial score (nSPS) is 18.4. The first kappa shape index (κ1) is 25.7. The molecule has 0 atom stereocenters. The third kappa shape index (κ3) is 9.10. The van der Waals surface area contributed by atoms with Crippen LogP contribution in [0.3, 0.4) is 0 Å². The quantitative estimate of drug-likeness (QED) is 0.254. The molecule has 1 aliphatic rings. The van der Waals surface area contributed by atoms with Crippen LogP contribution in [0, 0.1) is 5.92 Å². The van der Waals surface area contributed by atoms with E-state index in [9.17, 15) is 0 Å². The molecule has 182 valence electrons. The first-order valence-electron chi connectivity index (χ1n) is 13.8. The zero-order valence-electron chi connectivity index (χ0n) is 21.2. The molecule has 33 heavy (non-hydrogen) atoms. The first-order valence-corrected chi connectivity index (χ1v) is 13.8. The molecule has 0 amide bonds. The first-order chi connectivity index (χ1) is 16.3. The van der Waals surface area contributed by atoms with Crippen molar-refractivity contribution in [2.75, 3.05) is 6.61 Å². The van der Waals surface area contributed by atoms with E-state index in [1.807, 2.05) is 12.1 Å². The fourth-order valence-electron chi connectivity index (χ4n) is 5.11. The molecule has 0 N–H and O–H groups in total. The van der Waals surface area contributed by atoms with Gasteiger partial charge in [0, 0.05) is 18.0 Å². The number of rotatable bonds is 15. The van der Waals surface area contributed by atoms with Crippen LogP contribution in [-0.4, -0.2) is 16.6 Å². The molecule has 1 aromatic heterocycles. The van der Waals surface area contributed by atoms with Crippen molar-refractivity contribution in [1.82, 2.24) is 9.97 Å². The minimum Gasteiger partial charge on any atom is -0.494 e. The molecule has 2 aromatic rings. The van der Waals surface area contributed by atoms with Crippen molar-refractivity contribution in [3.8, 4) is 17.1 Å². The minimum absolute atomic E-state index is 0.642. The minimum atomic E-state index is 0.642. The summed E-state index contributed by atoms with van der Waals surface area (Å²) < 4.78 is 5.92. The second kappa shape index (κ2) is 15.1. The monoisotopic (exact) mass is 450 g/mol. The standard InChI is InChI=1S/C30H46N2O/c1-3-5-7-8-9-10-12-22-33-29-20-18-27(19-21-29)30-31-23-28(24-32-30)26-16-14-25(15-17-26)13-11-6-4-2/h18-21,23-26H,3-17,22H2,1-2H3/t25-,26-. The molecule has 1 fully saturated rings. The van der Waals surface area contributed by atoms with Crippen molar-refractivity contribution < 1.29 is 4.74 Å². The fraction of sp³-hybridized carbons (Fsp3) is 0.667. The third-order valence-electron chi connectivity index (χ3n) is 7.34. The lowest BCUT2D eigenvalue weighted by molar-refractivity contribution is 0.302. The van der Waals surface area contributed by atoms with Gasteiger partial charge in [0.1, 0.15) is 5.75 Å². The van der Waals surface area contributed by atoms with Gasteiger partial charge in [-0.15, -0.1) is 0 Å². The Labute approximate surface area is 202 Å². The van der Waals surface area contributed by atoms with Crippen molar-refractivity contribution in [2.24, 2.45) is 5.92 Å². The lowest BCUT2D eigenvalue weighted by atomic mass is 9.77. The number of ether oxygens (including phenoxy) is 1. The maximum Gasteiger partial charge on any atom is 0.159 e. The van der Waals surface area contributed by atoms with Crippen LogP contribution in [0.4, 0.5) is 0 Å². The van der Waals surface area contributed by atoms with Gasteiger partial charge < -0.3 is 4.74 Å². The maximum absolute atomic E-state index is 5.92. The van der Waals surface area contributed by atoms with Crippen molar-refractivity contribution in [3.63, 3.8) is 0 Å². The van der Waals surface area contributed by atoms with E-state index in [-0.39, 0.29) is 0 Å². The Morgan fingerprint density at radius 2 is 1.33 bits per heavy atom. The van der Waals surface area contributed by atoms with Crippen LogP contribution in [-0.2, 0) is 0 Å². The van der Waals surface area contributed by atoms with Gasteiger partial charge in [0.25, 0.3) is 0 Å². The van der Waals surface area contributed by atoms with Gasteiger partial charge in [-0.05, 0) is 73.8 Å². The summed E-state index contributed by atoms with van der Waals surface area (Å²) in [7, 11) is 0. The van der Waals surface area contributed by atoms with Gasteiger partial charge in [-0.25, -0.2) is 9.97 Å². The molecule has 3 heteroatoms. The van der Waals surface area contributed by atoms with Crippen LogP contribution in [0.2, 0.25) is 0 Å². The van der Waals surface area contributed by atoms with Gasteiger partial charge in [-0.1, -0.05) is 78.1 Å².